The van der Waals surface area contributed by atoms with Crippen LogP contribution in [0.1, 0.15) is 21.6 Å². The van der Waals surface area contributed by atoms with Gasteiger partial charge in [0.15, 0.2) is 0 Å². The summed E-state index contributed by atoms with van der Waals surface area (Å²) >= 11 is 0. The molecular weight excluding hydrogens is 362 g/mol. The quantitative estimate of drug-likeness (QED) is 0.738. The van der Waals surface area contributed by atoms with Gasteiger partial charge in [-0.3, -0.25) is 4.79 Å². The van der Waals surface area contributed by atoms with Crippen molar-refractivity contribution in [3.8, 4) is 0 Å². The highest BCUT2D eigenvalue weighted by Gasteiger charge is 2.23. The maximum Gasteiger partial charge on any atom is 0.272 e. The lowest BCUT2D eigenvalue weighted by Gasteiger charge is -2.36. The molecular formula is C23H25N5O. The normalized spacial score (nSPS) is 14.0. The molecule has 0 spiro atoms. The molecule has 2 heterocycles. The van der Waals surface area contributed by atoms with Gasteiger partial charge in [-0.25, -0.2) is 9.97 Å². The molecule has 0 unspecified atom stereocenters. The van der Waals surface area contributed by atoms with Crippen molar-refractivity contribution in [2.75, 3.05) is 36.4 Å². The lowest BCUT2D eigenvalue weighted by atomic mass is 10.2. The maximum atomic E-state index is 13.0. The molecule has 2 aromatic carbocycles. The number of anilines is 3. The summed E-state index contributed by atoms with van der Waals surface area (Å²) in [5.41, 5.74) is 4.91. The first-order chi connectivity index (χ1) is 14.1. The summed E-state index contributed by atoms with van der Waals surface area (Å²) in [5.74, 6) is 0.382. The average Bonchev–Trinajstić information content (AvgIpc) is 2.75. The number of piperazine rings is 1. The van der Waals surface area contributed by atoms with Gasteiger partial charge in [0.2, 0.25) is 5.95 Å². The van der Waals surface area contributed by atoms with Gasteiger partial charge < -0.3 is 15.1 Å². The Morgan fingerprint density at radius 2 is 1.76 bits per heavy atom. The summed E-state index contributed by atoms with van der Waals surface area (Å²) in [7, 11) is 0. The molecule has 6 nitrogen and oxygen atoms in total. The van der Waals surface area contributed by atoms with Crippen molar-refractivity contribution < 1.29 is 4.79 Å². The minimum Gasteiger partial charge on any atom is -0.368 e. The van der Waals surface area contributed by atoms with Crippen molar-refractivity contribution in [3.05, 3.63) is 77.6 Å². The minimum atomic E-state index is -0.0517. The predicted molar refractivity (Wildman–Crippen MR) is 116 cm³/mol. The molecule has 3 aromatic rings. The Bertz CT molecular complexity index is 1010. The summed E-state index contributed by atoms with van der Waals surface area (Å²) in [5, 5.41) is 3.20. The second kappa shape index (κ2) is 8.31. The van der Waals surface area contributed by atoms with E-state index in [4.69, 9.17) is 0 Å². The molecule has 1 saturated heterocycles. The number of nitrogens with zero attached hydrogens (tertiary/aromatic N) is 4. The van der Waals surface area contributed by atoms with Gasteiger partial charge in [-0.15, -0.1) is 0 Å². The second-order valence-electron chi connectivity index (χ2n) is 7.32. The number of nitrogens with one attached hydrogen (secondary N) is 1. The molecule has 4 rings (SSSR count). The summed E-state index contributed by atoms with van der Waals surface area (Å²) in [6.07, 6.45) is 1.63. The zero-order chi connectivity index (χ0) is 20.2. The predicted octanol–water partition coefficient (Wildman–Crippen LogP) is 3.80. The first-order valence-corrected chi connectivity index (χ1v) is 9.87. The molecule has 0 bridgehead atoms. The third-order valence-corrected chi connectivity index (χ3v) is 5.20. The van der Waals surface area contributed by atoms with Gasteiger partial charge in [0.1, 0.15) is 5.69 Å². The van der Waals surface area contributed by atoms with E-state index < -0.39 is 0 Å². The van der Waals surface area contributed by atoms with Crippen molar-refractivity contribution >= 4 is 23.2 Å². The topological polar surface area (TPSA) is 61.4 Å². The van der Waals surface area contributed by atoms with Crippen molar-refractivity contribution in [1.82, 2.24) is 14.9 Å². The third kappa shape index (κ3) is 4.37. The summed E-state index contributed by atoms with van der Waals surface area (Å²) in [6, 6.07) is 18.1. The van der Waals surface area contributed by atoms with Gasteiger partial charge in [0, 0.05) is 43.8 Å². The Hall–Kier alpha value is -3.41. The maximum absolute atomic E-state index is 13.0. The van der Waals surface area contributed by atoms with E-state index >= 15 is 0 Å². The van der Waals surface area contributed by atoms with Crippen molar-refractivity contribution in [2.24, 2.45) is 0 Å². The Kier molecular flexibility index (Phi) is 5.42. The van der Waals surface area contributed by atoms with Crippen molar-refractivity contribution in [3.63, 3.8) is 0 Å². The number of carbonyl (C=O) groups is 1. The summed E-state index contributed by atoms with van der Waals surface area (Å²) < 4.78 is 0. The van der Waals surface area contributed by atoms with Gasteiger partial charge in [-0.05, 0) is 49.2 Å². The van der Waals surface area contributed by atoms with E-state index in [0.29, 0.717) is 24.7 Å². The third-order valence-electron chi connectivity index (χ3n) is 5.20. The largest absolute Gasteiger partial charge is 0.368 e. The molecule has 6 heteroatoms. The number of rotatable bonds is 4. The molecule has 1 aliphatic rings. The Morgan fingerprint density at radius 1 is 0.966 bits per heavy atom. The number of hydrogen-bond donors (Lipinski definition) is 1. The van der Waals surface area contributed by atoms with Crippen LogP contribution in [0.5, 0.6) is 0 Å². The van der Waals surface area contributed by atoms with E-state index in [-0.39, 0.29) is 5.91 Å². The van der Waals surface area contributed by atoms with Gasteiger partial charge >= 0.3 is 0 Å². The Morgan fingerprint density at radius 3 is 2.52 bits per heavy atom. The average molecular weight is 387 g/mol. The highest BCUT2D eigenvalue weighted by molar-refractivity contribution is 5.92. The monoisotopic (exact) mass is 387 g/mol. The van der Waals surface area contributed by atoms with Crippen LogP contribution >= 0.6 is 0 Å². The number of aryl methyl sites for hydroxylation is 2. The van der Waals surface area contributed by atoms with Crippen LogP contribution in [0.3, 0.4) is 0 Å². The molecule has 1 fully saturated rings. The summed E-state index contributed by atoms with van der Waals surface area (Å²) in [6.45, 7) is 7.10. The van der Waals surface area contributed by atoms with E-state index in [1.807, 2.05) is 36.1 Å². The molecule has 0 radical (unpaired) electrons. The standard InChI is InChI=1S/C23H25N5O/c1-17-6-5-8-19(16-17)27-12-14-28(15-13-27)22(29)21-10-11-24-23(26-21)25-20-9-4-3-7-18(20)2/h3-11,16H,12-15H2,1-2H3,(H,24,25,26). The van der Waals surface area contributed by atoms with Crippen LogP contribution in [-0.2, 0) is 0 Å². The molecule has 148 valence electrons. The zero-order valence-corrected chi connectivity index (χ0v) is 16.8. The van der Waals surface area contributed by atoms with Crippen LogP contribution in [0.25, 0.3) is 0 Å². The molecule has 29 heavy (non-hydrogen) atoms. The zero-order valence-electron chi connectivity index (χ0n) is 16.8. The second-order valence-corrected chi connectivity index (χ2v) is 7.32. The van der Waals surface area contributed by atoms with Crippen molar-refractivity contribution in [1.29, 1.82) is 0 Å². The molecule has 1 amide bonds. The van der Waals surface area contributed by atoms with Crippen LogP contribution in [0.15, 0.2) is 60.8 Å². The molecule has 0 aliphatic carbocycles. The van der Waals surface area contributed by atoms with E-state index in [1.54, 1.807) is 12.3 Å². The minimum absolute atomic E-state index is 0.0517. The Labute approximate surface area is 171 Å². The van der Waals surface area contributed by atoms with Gasteiger partial charge in [-0.2, -0.15) is 0 Å². The fraction of sp³-hybridized carbons (Fsp3) is 0.261. The van der Waals surface area contributed by atoms with Gasteiger partial charge in [-0.1, -0.05) is 30.3 Å². The number of carbonyl (C=O) groups excluding carboxylic acids is 1. The fourth-order valence-electron chi connectivity index (χ4n) is 3.53. The van der Waals surface area contributed by atoms with E-state index in [2.05, 4.69) is 51.4 Å². The highest BCUT2D eigenvalue weighted by Crippen LogP contribution is 2.20. The molecule has 0 saturated carbocycles. The lowest BCUT2D eigenvalue weighted by Crippen LogP contribution is -2.49. The van der Waals surface area contributed by atoms with E-state index in [9.17, 15) is 4.79 Å². The van der Waals surface area contributed by atoms with Crippen molar-refractivity contribution in [2.45, 2.75) is 13.8 Å². The molecule has 1 N–H and O–H groups in total. The SMILES string of the molecule is Cc1cccc(N2CCN(C(=O)c3ccnc(Nc4ccccc4C)n3)CC2)c1. The molecule has 0 atom stereocenters. The Balaban J connectivity index is 1.42. The molecule has 1 aliphatic heterocycles. The first kappa shape index (κ1) is 18.9. The van der Waals surface area contributed by atoms with E-state index in [0.717, 1.165) is 24.3 Å². The number of benzene rings is 2. The summed E-state index contributed by atoms with van der Waals surface area (Å²) in [4.78, 5) is 25.9. The number of para-hydroxylation sites is 1. The van der Waals surface area contributed by atoms with Crippen LogP contribution in [0.4, 0.5) is 17.3 Å². The van der Waals surface area contributed by atoms with Gasteiger partial charge in [0.25, 0.3) is 5.91 Å². The lowest BCUT2D eigenvalue weighted by molar-refractivity contribution is 0.0741. The molecule has 1 aromatic heterocycles. The fourth-order valence-corrected chi connectivity index (χ4v) is 3.53. The first-order valence-electron chi connectivity index (χ1n) is 9.87. The van der Waals surface area contributed by atoms with Gasteiger partial charge in [0.05, 0.1) is 0 Å². The van der Waals surface area contributed by atoms with E-state index in [1.165, 1.54) is 11.3 Å². The smallest absolute Gasteiger partial charge is 0.272 e. The van der Waals surface area contributed by atoms with Crippen LogP contribution in [-0.4, -0.2) is 47.0 Å². The highest BCUT2D eigenvalue weighted by atomic mass is 16.2. The number of hydrogen-bond acceptors (Lipinski definition) is 5. The number of aromatic nitrogens is 2. The number of amides is 1. The van der Waals surface area contributed by atoms with Crippen LogP contribution in [0, 0.1) is 13.8 Å². The van der Waals surface area contributed by atoms with Crippen LogP contribution < -0.4 is 10.2 Å². The van der Waals surface area contributed by atoms with Crippen LogP contribution in [0.2, 0.25) is 0 Å².